The third-order valence-corrected chi connectivity index (χ3v) is 9.91. The standard InChI is InChI=1S/C33H42N6O2/c1-23(2)31(40)39-19-18-38(21-25(39)13-16-34)30-27-12-15-33(14-6-9-24-8-4-5-11-28(24)33)20-29(27)35-32(36-30)41-22-26-10-7-17-37(26)3/h4-5,8,11,25-26H,1,6-7,9-10,12-15,17-22H2,2-3H3. The van der Waals surface area contributed by atoms with Crippen LogP contribution in [0.15, 0.2) is 36.4 Å². The Bertz CT molecular complexity index is 1370. The number of anilines is 1. The lowest BCUT2D eigenvalue weighted by atomic mass is 9.62. The number of likely N-dealkylation sites (tertiary alicyclic amines) is 1. The fraction of sp³-hybridized carbons (Fsp3) is 0.576. The highest BCUT2D eigenvalue weighted by Gasteiger charge is 2.42. The van der Waals surface area contributed by atoms with E-state index in [4.69, 9.17) is 14.7 Å². The molecule has 0 saturated carbocycles. The highest BCUT2D eigenvalue weighted by atomic mass is 16.5. The molecule has 1 aromatic carbocycles. The van der Waals surface area contributed by atoms with E-state index in [1.54, 1.807) is 6.92 Å². The topological polar surface area (TPSA) is 85.6 Å². The summed E-state index contributed by atoms with van der Waals surface area (Å²) in [6.07, 6.45) is 9.02. The SMILES string of the molecule is C=C(C)C(=O)N1CCN(c2nc(OCC3CCCN3C)nc3c2CCC2(CCCc4ccccc42)C3)CC1CC#N. The third-order valence-electron chi connectivity index (χ3n) is 9.91. The van der Waals surface area contributed by atoms with Crippen molar-refractivity contribution in [2.45, 2.75) is 82.2 Å². The first-order chi connectivity index (χ1) is 19.9. The number of amides is 1. The lowest BCUT2D eigenvalue weighted by Gasteiger charge is -2.45. The first-order valence-corrected chi connectivity index (χ1v) is 15.3. The van der Waals surface area contributed by atoms with Crippen molar-refractivity contribution in [3.63, 3.8) is 0 Å². The molecule has 4 aliphatic rings. The maximum atomic E-state index is 12.9. The molecule has 41 heavy (non-hydrogen) atoms. The van der Waals surface area contributed by atoms with E-state index in [9.17, 15) is 10.1 Å². The number of hydrogen-bond acceptors (Lipinski definition) is 7. The number of carbonyl (C=O) groups excluding carboxylic acids is 1. The van der Waals surface area contributed by atoms with Gasteiger partial charge in [0.05, 0.1) is 24.2 Å². The minimum Gasteiger partial charge on any atom is -0.462 e. The number of ether oxygens (including phenoxy) is 1. The molecule has 1 aromatic heterocycles. The lowest BCUT2D eigenvalue weighted by molar-refractivity contribution is -0.129. The Balaban J connectivity index is 1.34. The van der Waals surface area contributed by atoms with Crippen LogP contribution in [0.25, 0.3) is 0 Å². The minimum atomic E-state index is -0.208. The van der Waals surface area contributed by atoms with Crippen molar-refractivity contribution < 1.29 is 9.53 Å². The van der Waals surface area contributed by atoms with Crippen LogP contribution in [-0.2, 0) is 29.5 Å². The number of benzene rings is 1. The quantitative estimate of drug-likeness (QED) is 0.495. The van der Waals surface area contributed by atoms with Gasteiger partial charge < -0.3 is 19.4 Å². The molecule has 6 rings (SSSR count). The summed E-state index contributed by atoms with van der Waals surface area (Å²) in [5.74, 6) is 0.853. The molecule has 3 atom stereocenters. The van der Waals surface area contributed by atoms with E-state index in [0.717, 1.165) is 50.2 Å². The number of likely N-dealkylation sites (N-methyl/N-ethyl adjacent to an activating group) is 1. The van der Waals surface area contributed by atoms with Crippen LogP contribution >= 0.6 is 0 Å². The summed E-state index contributed by atoms with van der Waals surface area (Å²) < 4.78 is 6.35. The van der Waals surface area contributed by atoms with E-state index in [0.29, 0.717) is 43.9 Å². The fourth-order valence-corrected chi connectivity index (χ4v) is 7.65. The number of carbonyl (C=O) groups is 1. The van der Waals surface area contributed by atoms with Gasteiger partial charge in [0.2, 0.25) is 5.91 Å². The zero-order valence-electron chi connectivity index (χ0n) is 24.6. The molecule has 2 aromatic rings. The predicted molar refractivity (Wildman–Crippen MR) is 159 cm³/mol. The van der Waals surface area contributed by atoms with Crippen molar-refractivity contribution in [1.29, 1.82) is 5.26 Å². The average Bonchev–Trinajstić information content (AvgIpc) is 3.40. The van der Waals surface area contributed by atoms with E-state index in [-0.39, 0.29) is 23.8 Å². The van der Waals surface area contributed by atoms with Gasteiger partial charge in [0.25, 0.3) is 0 Å². The Morgan fingerprint density at radius 1 is 1.15 bits per heavy atom. The number of nitriles is 1. The van der Waals surface area contributed by atoms with Crippen molar-refractivity contribution >= 4 is 11.7 Å². The monoisotopic (exact) mass is 554 g/mol. The Labute approximate surface area is 244 Å². The smallest absolute Gasteiger partial charge is 0.318 e. The summed E-state index contributed by atoms with van der Waals surface area (Å²) in [7, 11) is 2.16. The van der Waals surface area contributed by atoms with Gasteiger partial charge in [-0.1, -0.05) is 30.8 Å². The molecular formula is C33H42N6O2. The highest BCUT2D eigenvalue weighted by Crippen LogP contribution is 2.47. The van der Waals surface area contributed by atoms with Crippen LogP contribution < -0.4 is 9.64 Å². The molecule has 2 saturated heterocycles. The van der Waals surface area contributed by atoms with Crippen molar-refractivity contribution in [3.05, 3.63) is 58.8 Å². The van der Waals surface area contributed by atoms with E-state index in [1.807, 2.05) is 4.90 Å². The Hall–Kier alpha value is -3.44. The normalized spacial score (nSPS) is 25.9. The molecule has 0 N–H and O–H groups in total. The maximum Gasteiger partial charge on any atom is 0.318 e. The van der Waals surface area contributed by atoms with E-state index in [1.165, 1.54) is 36.0 Å². The number of hydrogen-bond donors (Lipinski definition) is 0. The Morgan fingerprint density at radius 3 is 2.78 bits per heavy atom. The first-order valence-electron chi connectivity index (χ1n) is 15.3. The molecule has 1 amide bonds. The van der Waals surface area contributed by atoms with Gasteiger partial charge in [-0.25, -0.2) is 0 Å². The molecule has 8 nitrogen and oxygen atoms in total. The van der Waals surface area contributed by atoms with Crippen molar-refractivity contribution in [2.75, 3.05) is 44.7 Å². The maximum absolute atomic E-state index is 12.9. The summed E-state index contributed by atoms with van der Waals surface area (Å²) >= 11 is 0. The second-order valence-electron chi connectivity index (χ2n) is 12.6. The van der Waals surface area contributed by atoms with Crippen LogP contribution in [0.4, 0.5) is 5.82 Å². The predicted octanol–water partition coefficient (Wildman–Crippen LogP) is 4.22. The van der Waals surface area contributed by atoms with Gasteiger partial charge in [-0.2, -0.15) is 15.2 Å². The van der Waals surface area contributed by atoms with Gasteiger partial charge in [0, 0.05) is 42.2 Å². The number of aryl methyl sites for hydroxylation is 1. The van der Waals surface area contributed by atoms with Crippen LogP contribution in [0.2, 0.25) is 0 Å². The average molecular weight is 555 g/mol. The molecule has 1 spiro atoms. The van der Waals surface area contributed by atoms with E-state index >= 15 is 0 Å². The molecular weight excluding hydrogens is 512 g/mol. The van der Waals surface area contributed by atoms with Gasteiger partial charge in [0.15, 0.2) is 0 Å². The molecule has 2 fully saturated rings. The Kier molecular flexibility index (Phi) is 7.74. The van der Waals surface area contributed by atoms with Crippen LogP contribution in [0.5, 0.6) is 6.01 Å². The highest BCUT2D eigenvalue weighted by molar-refractivity contribution is 5.92. The fourth-order valence-electron chi connectivity index (χ4n) is 7.65. The third kappa shape index (κ3) is 5.32. The van der Waals surface area contributed by atoms with Crippen LogP contribution in [0, 0.1) is 11.3 Å². The molecule has 0 radical (unpaired) electrons. The van der Waals surface area contributed by atoms with Gasteiger partial charge in [0.1, 0.15) is 12.4 Å². The number of piperazine rings is 1. The van der Waals surface area contributed by atoms with Crippen molar-refractivity contribution in [3.8, 4) is 12.1 Å². The molecule has 8 heteroatoms. The number of fused-ring (bicyclic) bond motifs is 3. The van der Waals surface area contributed by atoms with E-state index in [2.05, 4.69) is 53.8 Å². The van der Waals surface area contributed by atoms with Gasteiger partial charge >= 0.3 is 6.01 Å². The molecule has 2 aliphatic carbocycles. The lowest BCUT2D eigenvalue weighted by Crippen LogP contribution is -2.56. The van der Waals surface area contributed by atoms with Gasteiger partial charge in [-0.05, 0) is 83.0 Å². The Morgan fingerprint density at radius 2 is 2.00 bits per heavy atom. The van der Waals surface area contributed by atoms with Gasteiger partial charge in [-0.15, -0.1) is 0 Å². The van der Waals surface area contributed by atoms with Crippen molar-refractivity contribution in [2.24, 2.45) is 0 Å². The summed E-state index contributed by atoms with van der Waals surface area (Å²) in [5.41, 5.74) is 5.89. The van der Waals surface area contributed by atoms with Crippen LogP contribution in [0.3, 0.4) is 0 Å². The minimum absolute atomic E-state index is 0.0720. The first kappa shape index (κ1) is 27.7. The molecule has 0 bridgehead atoms. The summed E-state index contributed by atoms with van der Waals surface area (Å²) in [4.78, 5) is 29.5. The summed E-state index contributed by atoms with van der Waals surface area (Å²) in [6, 6.07) is 11.9. The second-order valence-corrected chi connectivity index (χ2v) is 12.6. The summed E-state index contributed by atoms with van der Waals surface area (Å²) in [6.45, 7) is 9.04. The van der Waals surface area contributed by atoms with Crippen LogP contribution in [0.1, 0.15) is 67.8 Å². The number of nitrogens with zero attached hydrogens (tertiary/aromatic N) is 6. The second kappa shape index (κ2) is 11.4. The zero-order valence-corrected chi connectivity index (χ0v) is 24.6. The number of rotatable bonds is 6. The van der Waals surface area contributed by atoms with Crippen LogP contribution in [-0.4, -0.2) is 77.6 Å². The molecule has 3 unspecified atom stereocenters. The molecule has 216 valence electrons. The summed E-state index contributed by atoms with van der Waals surface area (Å²) in [5, 5.41) is 9.59. The largest absolute Gasteiger partial charge is 0.462 e. The molecule has 3 heterocycles. The van der Waals surface area contributed by atoms with Gasteiger partial charge in [-0.3, -0.25) is 4.79 Å². The van der Waals surface area contributed by atoms with E-state index < -0.39 is 0 Å². The number of aromatic nitrogens is 2. The zero-order chi connectivity index (χ0) is 28.6. The van der Waals surface area contributed by atoms with Crippen molar-refractivity contribution in [1.82, 2.24) is 19.8 Å². The molecule has 2 aliphatic heterocycles.